The van der Waals surface area contributed by atoms with Crippen LogP contribution in [0.3, 0.4) is 0 Å². The van der Waals surface area contributed by atoms with E-state index in [0.29, 0.717) is 29.1 Å². The Kier molecular flexibility index (Phi) is 9.71. The van der Waals surface area contributed by atoms with E-state index in [2.05, 4.69) is 102 Å². The number of fused-ring (bicyclic) bond motifs is 11. The standard InChI is InChI=1S/C40H27N3O.C21H12ClN3O/c1-40(2)32-17-10-16-31(35(32)30-22-19-24-11-6-7-14-27(24)36(30)40)39-42-37(25-12-4-3-5-13-25)41-38(43-39)26-20-21-29-28-15-8-9-18-33(28)44-34(29)23-26;22-21-24-19(13-6-2-1-3-7-13)23-20(25-21)14-10-11-16-15-8-4-5-9-17(15)26-18(16)12-14/h3-23H,1-2H3;1-12H. The molecule has 0 saturated carbocycles. The minimum atomic E-state index is -0.175. The van der Waals surface area contributed by atoms with Crippen molar-refractivity contribution in [2.24, 2.45) is 0 Å². The first kappa shape index (κ1) is 41.3. The van der Waals surface area contributed by atoms with Crippen molar-refractivity contribution in [1.29, 1.82) is 0 Å². The molecule has 1 aliphatic rings. The molecule has 4 heterocycles. The Morgan fingerprint density at radius 1 is 0.357 bits per heavy atom. The molecule has 0 aliphatic heterocycles. The average molecular weight is 923 g/mol. The number of aromatic nitrogens is 6. The molecule has 0 radical (unpaired) electrons. The van der Waals surface area contributed by atoms with Crippen molar-refractivity contribution in [2.75, 3.05) is 0 Å². The number of para-hydroxylation sites is 2. The Morgan fingerprint density at radius 3 is 1.43 bits per heavy atom. The molecule has 0 saturated heterocycles. The highest BCUT2D eigenvalue weighted by Crippen LogP contribution is 2.54. The van der Waals surface area contributed by atoms with Crippen LogP contribution in [0.1, 0.15) is 25.0 Å². The van der Waals surface area contributed by atoms with Crippen molar-refractivity contribution in [2.45, 2.75) is 19.3 Å². The van der Waals surface area contributed by atoms with Crippen molar-refractivity contribution in [3.8, 4) is 68.1 Å². The summed E-state index contributed by atoms with van der Waals surface area (Å²) in [5, 5.41) is 7.04. The van der Waals surface area contributed by atoms with Crippen LogP contribution in [0.5, 0.6) is 0 Å². The van der Waals surface area contributed by atoms with Crippen LogP contribution in [-0.2, 0) is 5.41 Å². The van der Waals surface area contributed by atoms with Gasteiger partial charge in [0.05, 0.1) is 0 Å². The number of furan rings is 2. The van der Waals surface area contributed by atoms with Crippen molar-refractivity contribution >= 4 is 66.3 Å². The van der Waals surface area contributed by atoms with E-state index in [1.165, 1.54) is 33.0 Å². The van der Waals surface area contributed by atoms with Gasteiger partial charge in [0, 0.05) is 54.8 Å². The summed E-state index contributed by atoms with van der Waals surface area (Å²) in [6, 6.07) is 67.8. The van der Waals surface area contributed by atoms with Crippen molar-refractivity contribution < 1.29 is 8.83 Å². The molecule has 0 bridgehead atoms. The lowest BCUT2D eigenvalue weighted by Gasteiger charge is -2.23. The lowest BCUT2D eigenvalue weighted by atomic mass is 9.80. The molecule has 1 aliphatic carbocycles. The molecular formula is C61H39ClN6O2. The molecule has 14 rings (SSSR count). The molecule has 0 spiro atoms. The highest BCUT2D eigenvalue weighted by atomic mass is 35.5. The van der Waals surface area contributed by atoms with E-state index in [4.69, 9.17) is 35.4 Å². The van der Waals surface area contributed by atoms with Gasteiger partial charge in [-0.1, -0.05) is 178 Å². The van der Waals surface area contributed by atoms with Gasteiger partial charge in [-0.05, 0) is 81.0 Å². The number of hydrogen-bond donors (Lipinski definition) is 0. The van der Waals surface area contributed by atoms with Gasteiger partial charge in [0.25, 0.3) is 0 Å². The van der Waals surface area contributed by atoms with Gasteiger partial charge in [-0.3, -0.25) is 0 Å². The van der Waals surface area contributed by atoms with E-state index < -0.39 is 0 Å². The Hall–Kier alpha value is -8.85. The fourth-order valence-corrected chi connectivity index (χ4v) is 10.3. The van der Waals surface area contributed by atoms with Crippen LogP contribution < -0.4 is 0 Å². The predicted molar refractivity (Wildman–Crippen MR) is 281 cm³/mol. The third-order valence-corrected chi connectivity index (χ3v) is 13.6. The summed E-state index contributed by atoms with van der Waals surface area (Å²) in [7, 11) is 0. The first-order chi connectivity index (χ1) is 34.3. The minimum absolute atomic E-state index is 0.165. The number of hydrogen-bond acceptors (Lipinski definition) is 8. The van der Waals surface area contributed by atoms with Crippen LogP contribution in [-0.4, -0.2) is 29.9 Å². The number of benzene rings is 9. The number of nitrogens with zero attached hydrogens (tertiary/aromatic N) is 6. The Balaban J connectivity index is 0.000000157. The van der Waals surface area contributed by atoms with E-state index in [-0.39, 0.29) is 10.7 Å². The molecule has 4 aromatic heterocycles. The first-order valence-corrected chi connectivity index (χ1v) is 23.5. The number of rotatable bonds is 5. The Morgan fingerprint density at radius 2 is 0.829 bits per heavy atom. The van der Waals surface area contributed by atoms with E-state index in [1.807, 2.05) is 127 Å². The van der Waals surface area contributed by atoms with Gasteiger partial charge in [0.1, 0.15) is 22.3 Å². The summed E-state index contributed by atoms with van der Waals surface area (Å²) in [4.78, 5) is 28.4. The fourth-order valence-electron chi connectivity index (χ4n) is 10.1. The second kappa shape index (κ2) is 16.4. The minimum Gasteiger partial charge on any atom is -0.456 e. The first-order valence-electron chi connectivity index (χ1n) is 23.1. The van der Waals surface area contributed by atoms with Crippen LogP contribution >= 0.6 is 11.6 Å². The van der Waals surface area contributed by atoms with Gasteiger partial charge >= 0.3 is 0 Å². The van der Waals surface area contributed by atoms with Crippen molar-refractivity contribution in [3.05, 3.63) is 217 Å². The van der Waals surface area contributed by atoms with Crippen molar-refractivity contribution in [3.63, 3.8) is 0 Å². The normalized spacial score (nSPS) is 12.6. The molecule has 9 heteroatoms. The Labute approximate surface area is 407 Å². The lowest BCUT2D eigenvalue weighted by molar-refractivity contribution is 0.666. The fraction of sp³-hybridized carbons (Fsp3) is 0.0492. The smallest absolute Gasteiger partial charge is 0.226 e. The molecule has 8 nitrogen and oxygen atoms in total. The summed E-state index contributed by atoms with van der Waals surface area (Å²) in [5.74, 6) is 2.98. The molecule has 13 aromatic rings. The molecule has 0 N–H and O–H groups in total. The SMILES string of the molecule is CC1(C)c2cccc(-c3nc(-c4ccccc4)nc(-c4ccc5c(c4)oc4ccccc45)n3)c2-c2ccc3ccccc3c21.Clc1nc(-c2ccccc2)nc(-c2ccc3c(c2)oc2ccccc23)n1. The van der Waals surface area contributed by atoms with Crippen molar-refractivity contribution in [1.82, 2.24) is 29.9 Å². The predicted octanol–water partition coefficient (Wildman–Crippen LogP) is 16.0. The molecule has 332 valence electrons. The molecule has 0 amide bonds. The van der Waals surface area contributed by atoms with Gasteiger partial charge in [-0.15, -0.1) is 0 Å². The maximum Gasteiger partial charge on any atom is 0.226 e. The molecule has 9 aromatic carbocycles. The highest BCUT2D eigenvalue weighted by molar-refractivity contribution is 6.28. The van der Waals surface area contributed by atoms with Gasteiger partial charge in [-0.25, -0.2) is 19.9 Å². The van der Waals surface area contributed by atoms with Gasteiger partial charge < -0.3 is 8.83 Å². The zero-order chi connectivity index (χ0) is 46.9. The van der Waals surface area contributed by atoms with Gasteiger partial charge in [0.15, 0.2) is 29.1 Å². The summed E-state index contributed by atoms with van der Waals surface area (Å²) in [5.41, 5.74) is 12.8. The third kappa shape index (κ3) is 6.99. The topological polar surface area (TPSA) is 104 Å². The maximum absolute atomic E-state index is 6.23. The lowest BCUT2D eigenvalue weighted by Crippen LogP contribution is -2.15. The van der Waals surface area contributed by atoms with E-state index >= 15 is 0 Å². The molecule has 0 fully saturated rings. The highest BCUT2D eigenvalue weighted by Gasteiger charge is 2.38. The number of halogens is 1. The summed E-state index contributed by atoms with van der Waals surface area (Å²) in [6.45, 7) is 4.65. The average Bonchev–Trinajstić information content (AvgIpc) is 4.05. The third-order valence-electron chi connectivity index (χ3n) is 13.4. The largest absolute Gasteiger partial charge is 0.456 e. The van der Waals surface area contributed by atoms with Crippen LogP contribution in [0.2, 0.25) is 5.28 Å². The molecular weight excluding hydrogens is 884 g/mol. The van der Waals surface area contributed by atoms with Gasteiger partial charge in [-0.2, -0.15) is 9.97 Å². The summed E-state index contributed by atoms with van der Waals surface area (Å²) < 4.78 is 12.2. The van der Waals surface area contributed by atoms with E-state index in [1.54, 1.807) is 0 Å². The zero-order valence-corrected chi connectivity index (χ0v) is 38.7. The summed E-state index contributed by atoms with van der Waals surface area (Å²) in [6.07, 6.45) is 0. The van der Waals surface area contributed by atoms with E-state index in [9.17, 15) is 0 Å². The second-order valence-electron chi connectivity index (χ2n) is 18.0. The molecule has 70 heavy (non-hydrogen) atoms. The maximum atomic E-state index is 6.23. The second-order valence-corrected chi connectivity index (χ2v) is 18.3. The molecule has 0 atom stereocenters. The summed E-state index contributed by atoms with van der Waals surface area (Å²) >= 11 is 6.15. The van der Waals surface area contributed by atoms with Crippen LogP contribution in [0, 0.1) is 0 Å². The van der Waals surface area contributed by atoms with Crippen LogP contribution in [0.15, 0.2) is 209 Å². The monoisotopic (exact) mass is 922 g/mol. The molecule has 0 unspecified atom stereocenters. The van der Waals surface area contributed by atoms with Gasteiger partial charge in [0.2, 0.25) is 5.28 Å². The van der Waals surface area contributed by atoms with E-state index in [0.717, 1.165) is 71.7 Å². The van der Waals surface area contributed by atoms with Crippen LogP contribution in [0.4, 0.5) is 0 Å². The van der Waals surface area contributed by atoms with Crippen LogP contribution in [0.25, 0.3) is 123 Å². The zero-order valence-electron chi connectivity index (χ0n) is 37.9. The quantitative estimate of drug-likeness (QED) is 0.168. The Bertz CT molecular complexity index is 4190.